The fourth-order valence-electron chi connectivity index (χ4n) is 2.34. The zero-order chi connectivity index (χ0) is 14.2. The number of amides is 1. The first-order valence-electron chi connectivity index (χ1n) is 6.58. The van der Waals surface area contributed by atoms with Crippen LogP contribution in [0.1, 0.15) is 41.0 Å². The molecule has 0 unspecified atom stereocenters. The predicted octanol–water partition coefficient (Wildman–Crippen LogP) is 3.30. The Balaban J connectivity index is 2.69. The molecular weight excluding hydrogens is 236 g/mol. The Kier molecular flexibility index (Phi) is 3.56. The first-order valence-corrected chi connectivity index (χ1v) is 6.58. The second kappa shape index (κ2) is 5.00. The minimum absolute atomic E-state index is 0.0319. The second-order valence-corrected chi connectivity index (χ2v) is 5.42. The molecule has 2 aromatic rings. The number of benzene rings is 1. The van der Waals surface area contributed by atoms with Crippen LogP contribution in [0, 0.1) is 20.8 Å². The third-order valence-electron chi connectivity index (χ3n) is 3.04. The number of fused-ring (bicyclic) bond motifs is 1. The molecule has 0 aliphatic heterocycles. The molecule has 3 nitrogen and oxygen atoms in total. The molecule has 0 atom stereocenters. The van der Waals surface area contributed by atoms with Crippen LogP contribution in [-0.2, 0) is 0 Å². The van der Waals surface area contributed by atoms with Crippen LogP contribution < -0.4 is 5.32 Å². The van der Waals surface area contributed by atoms with Gasteiger partial charge in [-0.05, 0) is 52.3 Å². The number of aryl methyl sites for hydroxylation is 3. The van der Waals surface area contributed by atoms with Gasteiger partial charge in [0.25, 0.3) is 5.91 Å². The van der Waals surface area contributed by atoms with E-state index in [0.29, 0.717) is 5.56 Å². The highest BCUT2D eigenvalue weighted by Gasteiger charge is 2.14. The topological polar surface area (TPSA) is 42.0 Å². The van der Waals surface area contributed by atoms with Gasteiger partial charge in [-0.2, -0.15) is 0 Å². The standard InChI is InChI=1S/C16H20N2O/c1-9(2)17-16(19)14-8-12(5)18-15-11(4)6-10(3)7-13(14)15/h6-9H,1-5H3,(H,17,19). The van der Waals surface area contributed by atoms with E-state index >= 15 is 0 Å². The van der Waals surface area contributed by atoms with E-state index in [1.807, 2.05) is 46.8 Å². The Morgan fingerprint density at radius 1 is 1.16 bits per heavy atom. The van der Waals surface area contributed by atoms with Crippen LogP contribution in [0.15, 0.2) is 18.2 Å². The smallest absolute Gasteiger partial charge is 0.252 e. The van der Waals surface area contributed by atoms with Gasteiger partial charge in [0.05, 0.1) is 11.1 Å². The number of carbonyl (C=O) groups is 1. The fourth-order valence-corrected chi connectivity index (χ4v) is 2.34. The summed E-state index contributed by atoms with van der Waals surface area (Å²) in [7, 11) is 0. The van der Waals surface area contributed by atoms with Crippen LogP contribution in [0.25, 0.3) is 10.9 Å². The summed E-state index contributed by atoms with van der Waals surface area (Å²) in [6, 6.07) is 6.11. The van der Waals surface area contributed by atoms with Crippen LogP contribution in [-0.4, -0.2) is 16.9 Å². The summed E-state index contributed by atoms with van der Waals surface area (Å²) < 4.78 is 0. The van der Waals surface area contributed by atoms with Crippen molar-refractivity contribution in [1.82, 2.24) is 10.3 Å². The molecule has 3 heteroatoms. The van der Waals surface area contributed by atoms with Crippen LogP contribution >= 0.6 is 0 Å². The van der Waals surface area contributed by atoms with E-state index in [9.17, 15) is 4.79 Å². The van der Waals surface area contributed by atoms with Crippen molar-refractivity contribution in [2.45, 2.75) is 40.7 Å². The largest absolute Gasteiger partial charge is 0.350 e. The molecule has 0 aliphatic carbocycles. The summed E-state index contributed by atoms with van der Waals surface area (Å²) in [5.41, 5.74) is 4.75. The predicted molar refractivity (Wildman–Crippen MR) is 78.6 cm³/mol. The molecule has 19 heavy (non-hydrogen) atoms. The highest BCUT2D eigenvalue weighted by Crippen LogP contribution is 2.23. The molecule has 0 aliphatic rings. The minimum atomic E-state index is -0.0319. The second-order valence-electron chi connectivity index (χ2n) is 5.42. The van der Waals surface area contributed by atoms with Crippen molar-refractivity contribution < 1.29 is 4.79 Å². The molecule has 0 radical (unpaired) electrons. The average molecular weight is 256 g/mol. The average Bonchev–Trinajstić information content (AvgIpc) is 2.28. The van der Waals surface area contributed by atoms with Gasteiger partial charge in [0, 0.05) is 17.1 Å². The molecule has 100 valence electrons. The molecule has 2 rings (SSSR count). The number of pyridine rings is 1. The molecular formula is C16H20N2O. The third-order valence-corrected chi connectivity index (χ3v) is 3.04. The fraction of sp³-hybridized carbons (Fsp3) is 0.375. The maximum absolute atomic E-state index is 12.3. The van der Waals surface area contributed by atoms with E-state index in [0.717, 1.165) is 27.7 Å². The van der Waals surface area contributed by atoms with Crippen molar-refractivity contribution in [3.05, 3.63) is 40.6 Å². The molecule has 0 saturated carbocycles. The van der Waals surface area contributed by atoms with E-state index in [2.05, 4.69) is 16.4 Å². The number of nitrogens with one attached hydrogen (secondary N) is 1. The molecule has 0 saturated heterocycles. The van der Waals surface area contributed by atoms with Crippen LogP contribution in [0.2, 0.25) is 0 Å². The normalized spacial score (nSPS) is 11.1. The lowest BCUT2D eigenvalue weighted by molar-refractivity contribution is 0.0944. The van der Waals surface area contributed by atoms with E-state index in [-0.39, 0.29) is 11.9 Å². The van der Waals surface area contributed by atoms with E-state index in [4.69, 9.17) is 0 Å². The minimum Gasteiger partial charge on any atom is -0.350 e. The molecule has 0 bridgehead atoms. The van der Waals surface area contributed by atoms with Gasteiger partial charge in [0.1, 0.15) is 0 Å². The monoisotopic (exact) mass is 256 g/mol. The maximum atomic E-state index is 12.3. The molecule has 0 spiro atoms. The van der Waals surface area contributed by atoms with Crippen molar-refractivity contribution >= 4 is 16.8 Å². The van der Waals surface area contributed by atoms with Gasteiger partial charge in [-0.3, -0.25) is 9.78 Å². The Bertz CT molecular complexity index is 645. The number of rotatable bonds is 2. The van der Waals surface area contributed by atoms with Crippen LogP contribution in [0.5, 0.6) is 0 Å². The van der Waals surface area contributed by atoms with Crippen molar-refractivity contribution in [3.63, 3.8) is 0 Å². The Morgan fingerprint density at radius 2 is 1.84 bits per heavy atom. The van der Waals surface area contributed by atoms with Gasteiger partial charge >= 0.3 is 0 Å². The van der Waals surface area contributed by atoms with Crippen molar-refractivity contribution in [1.29, 1.82) is 0 Å². The molecule has 1 aromatic carbocycles. The molecule has 1 aromatic heterocycles. The maximum Gasteiger partial charge on any atom is 0.252 e. The van der Waals surface area contributed by atoms with Gasteiger partial charge in [0.2, 0.25) is 0 Å². The van der Waals surface area contributed by atoms with Crippen molar-refractivity contribution in [3.8, 4) is 0 Å². The van der Waals surface area contributed by atoms with E-state index < -0.39 is 0 Å². The lowest BCUT2D eigenvalue weighted by Crippen LogP contribution is -2.30. The number of nitrogens with zero attached hydrogens (tertiary/aromatic N) is 1. The Labute approximate surface area is 114 Å². The Morgan fingerprint density at radius 3 is 2.47 bits per heavy atom. The van der Waals surface area contributed by atoms with E-state index in [1.54, 1.807) is 0 Å². The number of hydrogen-bond acceptors (Lipinski definition) is 2. The molecule has 0 fully saturated rings. The summed E-state index contributed by atoms with van der Waals surface area (Å²) in [5.74, 6) is -0.0319. The van der Waals surface area contributed by atoms with E-state index in [1.165, 1.54) is 0 Å². The number of hydrogen-bond donors (Lipinski definition) is 1. The third kappa shape index (κ3) is 2.75. The summed E-state index contributed by atoms with van der Waals surface area (Å²) in [6.45, 7) is 9.92. The summed E-state index contributed by atoms with van der Waals surface area (Å²) in [5, 5.41) is 3.88. The Hall–Kier alpha value is -1.90. The highest BCUT2D eigenvalue weighted by atomic mass is 16.1. The molecule has 1 amide bonds. The first kappa shape index (κ1) is 13.5. The lowest BCUT2D eigenvalue weighted by atomic mass is 10.0. The molecule has 1 N–H and O–H groups in total. The van der Waals surface area contributed by atoms with Gasteiger partial charge in [-0.25, -0.2) is 0 Å². The highest BCUT2D eigenvalue weighted by molar-refractivity contribution is 6.07. The van der Waals surface area contributed by atoms with Crippen molar-refractivity contribution in [2.24, 2.45) is 0 Å². The summed E-state index contributed by atoms with van der Waals surface area (Å²) >= 11 is 0. The summed E-state index contributed by atoms with van der Waals surface area (Å²) in [6.07, 6.45) is 0. The van der Waals surface area contributed by atoms with Crippen LogP contribution in [0.4, 0.5) is 0 Å². The lowest BCUT2D eigenvalue weighted by Gasteiger charge is -2.13. The number of aromatic nitrogens is 1. The van der Waals surface area contributed by atoms with Gasteiger partial charge in [0.15, 0.2) is 0 Å². The van der Waals surface area contributed by atoms with Crippen LogP contribution in [0.3, 0.4) is 0 Å². The first-order chi connectivity index (χ1) is 8.88. The van der Waals surface area contributed by atoms with Gasteiger partial charge in [-0.1, -0.05) is 11.6 Å². The SMILES string of the molecule is Cc1cc(C)c2nc(C)cc(C(=O)NC(C)C)c2c1. The quantitative estimate of drug-likeness (QED) is 0.895. The summed E-state index contributed by atoms with van der Waals surface area (Å²) in [4.78, 5) is 16.9. The van der Waals surface area contributed by atoms with Gasteiger partial charge < -0.3 is 5.32 Å². The molecule has 1 heterocycles. The van der Waals surface area contributed by atoms with Crippen molar-refractivity contribution in [2.75, 3.05) is 0 Å². The number of carbonyl (C=O) groups excluding carboxylic acids is 1. The van der Waals surface area contributed by atoms with Gasteiger partial charge in [-0.15, -0.1) is 0 Å². The zero-order valence-electron chi connectivity index (χ0n) is 12.2. The zero-order valence-corrected chi connectivity index (χ0v) is 12.2.